The van der Waals surface area contributed by atoms with Gasteiger partial charge in [0.15, 0.2) is 0 Å². The summed E-state index contributed by atoms with van der Waals surface area (Å²) < 4.78 is 33.9. The molecule has 0 radical (unpaired) electrons. The van der Waals surface area contributed by atoms with Crippen LogP contribution in [-0.4, -0.2) is 100 Å². The largest absolute Gasteiger partial charge is 0.748 e. The molecular weight excluding hydrogens is 420 g/mol. The summed E-state index contributed by atoms with van der Waals surface area (Å²) >= 11 is 0. The van der Waals surface area contributed by atoms with Crippen LogP contribution in [0.1, 0.15) is 33.1 Å². The molecule has 180 valence electrons. The average molecular weight is 461 g/mol. The fourth-order valence-electron chi connectivity index (χ4n) is 3.01. The molecule has 0 fully saturated rings. The van der Waals surface area contributed by atoms with Crippen LogP contribution in [0.4, 0.5) is 0 Å². The van der Waals surface area contributed by atoms with Crippen LogP contribution >= 0.6 is 0 Å². The Labute approximate surface area is 187 Å². The first-order valence-electron chi connectivity index (χ1n) is 10.5. The molecule has 0 aliphatic carbocycles. The number of nitrogens with one attached hydrogen (secondary N) is 2. The maximum Gasteiger partial charge on any atom is 0.246 e. The summed E-state index contributed by atoms with van der Waals surface area (Å²) in [7, 11) is 3.40. The lowest BCUT2D eigenvalue weighted by molar-refractivity contribution is -0.908. The molecule has 10 heteroatoms. The minimum atomic E-state index is -4.37. The molecule has 0 aromatic carbocycles. The molecule has 2 N–H and O–H groups in total. The lowest BCUT2D eigenvalue weighted by Gasteiger charge is -2.37. The van der Waals surface area contributed by atoms with Crippen LogP contribution in [0, 0.1) is 0 Å². The van der Waals surface area contributed by atoms with Crippen molar-refractivity contribution in [1.29, 1.82) is 0 Å². The molecule has 0 spiro atoms. The van der Waals surface area contributed by atoms with E-state index in [1.54, 1.807) is 19.9 Å². The van der Waals surface area contributed by atoms with Crippen molar-refractivity contribution < 1.29 is 27.0 Å². The van der Waals surface area contributed by atoms with Crippen LogP contribution in [0.3, 0.4) is 0 Å². The molecule has 0 heterocycles. The molecule has 9 nitrogen and oxygen atoms in total. The Morgan fingerprint density at radius 3 is 2.16 bits per heavy atom. The number of likely N-dealkylation sites (N-methyl/N-ethyl adjacent to an activating group) is 1. The van der Waals surface area contributed by atoms with Gasteiger partial charge in [-0.3, -0.25) is 9.59 Å². The number of rotatable bonds is 15. The van der Waals surface area contributed by atoms with E-state index < -0.39 is 15.9 Å². The molecule has 0 rings (SSSR count). The summed E-state index contributed by atoms with van der Waals surface area (Å²) in [6, 6.07) is -0.340. The Morgan fingerprint density at radius 2 is 1.65 bits per heavy atom. The predicted molar refractivity (Wildman–Crippen MR) is 122 cm³/mol. The monoisotopic (exact) mass is 460 g/mol. The molecule has 0 aromatic rings. The van der Waals surface area contributed by atoms with Crippen LogP contribution in [0.15, 0.2) is 23.8 Å². The van der Waals surface area contributed by atoms with Crippen molar-refractivity contribution in [2.45, 2.75) is 39.2 Å². The van der Waals surface area contributed by atoms with E-state index in [0.29, 0.717) is 41.7 Å². The number of quaternary nitrogens is 1. The number of carbonyl (C=O) groups is 2. The topological polar surface area (TPSA) is 119 Å². The third-order valence-corrected chi connectivity index (χ3v) is 5.75. The van der Waals surface area contributed by atoms with Gasteiger partial charge in [0, 0.05) is 42.8 Å². The van der Waals surface area contributed by atoms with Gasteiger partial charge in [-0.05, 0) is 47.0 Å². The third kappa shape index (κ3) is 14.0. The van der Waals surface area contributed by atoms with Crippen molar-refractivity contribution in [1.82, 2.24) is 15.5 Å². The third-order valence-electron chi connectivity index (χ3n) is 5.01. The van der Waals surface area contributed by atoms with E-state index in [1.165, 1.54) is 0 Å². The molecule has 0 saturated heterocycles. The van der Waals surface area contributed by atoms with Gasteiger partial charge in [0.25, 0.3) is 0 Å². The summed E-state index contributed by atoms with van der Waals surface area (Å²) in [6.07, 6.45) is 3.33. The number of amides is 2. The Bertz CT molecular complexity index is 745. The second-order valence-electron chi connectivity index (χ2n) is 8.77. The molecular formula is C21H40N4O5S. The zero-order chi connectivity index (χ0) is 24.2. The van der Waals surface area contributed by atoms with Crippen molar-refractivity contribution in [3.8, 4) is 0 Å². The molecule has 0 aromatic heterocycles. The lowest BCUT2D eigenvalue weighted by atomic mass is 10.1. The summed E-state index contributed by atoms with van der Waals surface area (Å²) in [6.45, 7) is 9.39. The number of carbonyl (C=O) groups excluding carboxylic acids is 2. The standard InChI is InChI=1S/C21H40N4O5S/c1-17(2)20(26)22-12-9-14-25(6,7)19(10-15-31(28,29)30)16-18(3)21(27)23-11-8-13-24(4)5/h16,19H,1,8-15H2,2-7H3,(H2-,22,23,26,27,28,29,30). The van der Waals surface area contributed by atoms with Gasteiger partial charge in [-0.2, -0.15) is 0 Å². The normalized spacial score (nSPS) is 13.7. The number of hydrogen-bond acceptors (Lipinski definition) is 6. The SMILES string of the molecule is C=C(C)C(=O)NCCC[N+](C)(C)C(C=C(C)C(=O)NCCCN(C)C)CCS(=O)(=O)[O-]. The van der Waals surface area contributed by atoms with Gasteiger partial charge in [0.2, 0.25) is 11.8 Å². The Hall–Kier alpha value is -1.75. The smallest absolute Gasteiger partial charge is 0.246 e. The van der Waals surface area contributed by atoms with E-state index >= 15 is 0 Å². The molecule has 0 aliphatic heterocycles. The zero-order valence-electron chi connectivity index (χ0n) is 19.9. The first-order valence-corrected chi connectivity index (χ1v) is 12.0. The summed E-state index contributed by atoms with van der Waals surface area (Å²) in [5.41, 5.74) is 0.919. The van der Waals surface area contributed by atoms with Crippen molar-refractivity contribution in [2.24, 2.45) is 0 Å². The number of nitrogens with zero attached hydrogens (tertiary/aromatic N) is 2. The van der Waals surface area contributed by atoms with Gasteiger partial charge in [0.05, 0.1) is 30.8 Å². The Balaban J connectivity index is 5.12. The first-order chi connectivity index (χ1) is 14.2. The molecule has 0 bridgehead atoms. The van der Waals surface area contributed by atoms with Gasteiger partial charge < -0.3 is 24.6 Å². The molecule has 31 heavy (non-hydrogen) atoms. The van der Waals surface area contributed by atoms with Gasteiger partial charge in [-0.15, -0.1) is 0 Å². The summed E-state index contributed by atoms with van der Waals surface area (Å²) in [5, 5.41) is 5.63. The average Bonchev–Trinajstić information content (AvgIpc) is 2.63. The lowest BCUT2D eigenvalue weighted by Crippen LogP contribution is -2.50. The fourth-order valence-corrected chi connectivity index (χ4v) is 3.54. The molecule has 1 unspecified atom stereocenters. The van der Waals surface area contributed by atoms with E-state index in [-0.39, 0.29) is 24.3 Å². The number of hydrogen-bond donors (Lipinski definition) is 2. The highest BCUT2D eigenvalue weighted by Gasteiger charge is 2.27. The summed E-state index contributed by atoms with van der Waals surface area (Å²) in [4.78, 5) is 26.1. The second-order valence-corrected chi connectivity index (χ2v) is 10.3. The highest BCUT2D eigenvalue weighted by molar-refractivity contribution is 7.85. The van der Waals surface area contributed by atoms with Crippen LogP contribution in [0.5, 0.6) is 0 Å². The van der Waals surface area contributed by atoms with E-state index in [2.05, 4.69) is 17.2 Å². The Morgan fingerprint density at radius 1 is 1.10 bits per heavy atom. The molecule has 0 saturated carbocycles. The maximum atomic E-state index is 12.4. The van der Waals surface area contributed by atoms with E-state index in [0.717, 1.165) is 13.0 Å². The first kappa shape index (κ1) is 29.2. The van der Waals surface area contributed by atoms with Crippen molar-refractivity contribution in [3.63, 3.8) is 0 Å². The molecule has 0 aliphatic rings. The van der Waals surface area contributed by atoms with Gasteiger partial charge in [0.1, 0.15) is 6.04 Å². The highest BCUT2D eigenvalue weighted by Crippen LogP contribution is 2.16. The van der Waals surface area contributed by atoms with E-state index in [4.69, 9.17) is 0 Å². The second kappa shape index (κ2) is 13.6. The fraction of sp³-hybridized carbons (Fsp3) is 0.714. The zero-order valence-corrected chi connectivity index (χ0v) is 20.7. The van der Waals surface area contributed by atoms with Crippen LogP contribution in [0.25, 0.3) is 0 Å². The van der Waals surface area contributed by atoms with Gasteiger partial charge in [-0.1, -0.05) is 6.58 Å². The van der Waals surface area contributed by atoms with E-state index in [9.17, 15) is 22.6 Å². The van der Waals surface area contributed by atoms with Crippen LogP contribution in [-0.2, 0) is 19.7 Å². The van der Waals surface area contributed by atoms with Gasteiger partial charge >= 0.3 is 0 Å². The van der Waals surface area contributed by atoms with Gasteiger partial charge in [-0.25, -0.2) is 8.42 Å². The summed E-state index contributed by atoms with van der Waals surface area (Å²) in [5.74, 6) is -0.914. The highest BCUT2D eigenvalue weighted by atomic mass is 32.2. The van der Waals surface area contributed by atoms with Crippen molar-refractivity contribution in [3.05, 3.63) is 23.8 Å². The minimum absolute atomic E-state index is 0.113. The van der Waals surface area contributed by atoms with E-state index in [1.807, 2.05) is 33.1 Å². The predicted octanol–water partition coefficient (Wildman–Crippen LogP) is 0.463. The molecule has 1 atom stereocenters. The Kier molecular flexibility index (Phi) is 12.8. The quantitative estimate of drug-likeness (QED) is 0.159. The van der Waals surface area contributed by atoms with Crippen molar-refractivity contribution in [2.75, 3.05) is 60.1 Å². The van der Waals surface area contributed by atoms with Crippen LogP contribution < -0.4 is 10.6 Å². The van der Waals surface area contributed by atoms with Crippen LogP contribution in [0.2, 0.25) is 0 Å². The molecule has 2 amide bonds. The minimum Gasteiger partial charge on any atom is -0.748 e. The maximum absolute atomic E-state index is 12.4. The van der Waals surface area contributed by atoms with Crippen molar-refractivity contribution >= 4 is 21.9 Å².